The zero-order chi connectivity index (χ0) is 14.6. The molecule has 0 aromatic carbocycles. The highest BCUT2D eigenvalue weighted by Gasteiger charge is 2.31. The highest BCUT2D eigenvalue weighted by molar-refractivity contribution is 5.43. The minimum Gasteiger partial charge on any atom is -0.392 e. The second-order valence-corrected chi connectivity index (χ2v) is 4.70. The van der Waals surface area contributed by atoms with Crippen LogP contribution in [0.3, 0.4) is 0 Å². The van der Waals surface area contributed by atoms with Crippen LogP contribution in [-0.4, -0.2) is 29.4 Å². The Bertz CT molecular complexity index is 419. The SMILES string of the molecule is CCN(CC(F)(F)F)c1cc(CO)cc(C(C)C)n1. The van der Waals surface area contributed by atoms with Crippen molar-refractivity contribution in [2.24, 2.45) is 0 Å². The number of aliphatic hydroxyl groups excluding tert-OH is 1. The lowest BCUT2D eigenvalue weighted by molar-refractivity contribution is -0.119. The van der Waals surface area contributed by atoms with Crippen LogP contribution in [-0.2, 0) is 6.61 Å². The van der Waals surface area contributed by atoms with E-state index in [-0.39, 0.29) is 24.9 Å². The van der Waals surface area contributed by atoms with Gasteiger partial charge in [0.1, 0.15) is 12.4 Å². The molecule has 0 saturated carbocycles. The number of anilines is 1. The first-order valence-electron chi connectivity index (χ1n) is 6.20. The van der Waals surface area contributed by atoms with Crippen molar-refractivity contribution in [1.29, 1.82) is 0 Å². The molecule has 0 atom stereocenters. The molecule has 0 aliphatic heterocycles. The predicted octanol–water partition coefficient (Wildman–Crippen LogP) is 3.09. The van der Waals surface area contributed by atoms with Gasteiger partial charge in [-0.15, -0.1) is 0 Å². The summed E-state index contributed by atoms with van der Waals surface area (Å²) in [4.78, 5) is 5.41. The third-order valence-electron chi connectivity index (χ3n) is 2.74. The van der Waals surface area contributed by atoms with Crippen molar-refractivity contribution in [2.75, 3.05) is 18.0 Å². The van der Waals surface area contributed by atoms with Crippen LogP contribution in [0.5, 0.6) is 0 Å². The van der Waals surface area contributed by atoms with Crippen molar-refractivity contribution in [3.05, 3.63) is 23.4 Å². The molecule has 3 nitrogen and oxygen atoms in total. The van der Waals surface area contributed by atoms with Crippen molar-refractivity contribution < 1.29 is 18.3 Å². The molecule has 19 heavy (non-hydrogen) atoms. The minimum absolute atomic E-state index is 0.0924. The third kappa shape index (κ3) is 4.70. The molecular weight excluding hydrogens is 257 g/mol. The number of aromatic nitrogens is 1. The maximum atomic E-state index is 12.5. The van der Waals surface area contributed by atoms with Crippen LogP contribution in [0.15, 0.2) is 12.1 Å². The Kier molecular flexibility index (Phi) is 5.17. The molecule has 0 aliphatic rings. The van der Waals surface area contributed by atoms with Gasteiger partial charge in [-0.25, -0.2) is 4.98 Å². The van der Waals surface area contributed by atoms with Crippen LogP contribution < -0.4 is 4.90 Å². The van der Waals surface area contributed by atoms with Gasteiger partial charge in [-0.1, -0.05) is 13.8 Å². The summed E-state index contributed by atoms with van der Waals surface area (Å²) in [5, 5.41) is 9.19. The van der Waals surface area contributed by atoms with E-state index in [1.807, 2.05) is 13.8 Å². The molecule has 108 valence electrons. The number of pyridine rings is 1. The quantitative estimate of drug-likeness (QED) is 0.897. The summed E-state index contributed by atoms with van der Waals surface area (Å²) < 4.78 is 37.5. The van der Waals surface area contributed by atoms with Crippen molar-refractivity contribution in [3.63, 3.8) is 0 Å². The van der Waals surface area contributed by atoms with Crippen molar-refractivity contribution in [1.82, 2.24) is 4.98 Å². The van der Waals surface area contributed by atoms with Crippen LogP contribution in [0, 0.1) is 0 Å². The van der Waals surface area contributed by atoms with Gasteiger partial charge in [0.15, 0.2) is 0 Å². The van der Waals surface area contributed by atoms with E-state index in [1.165, 1.54) is 6.07 Å². The molecular formula is C13H19F3N2O. The molecule has 6 heteroatoms. The molecule has 0 bridgehead atoms. The van der Waals surface area contributed by atoms with E-state index in [2.05, 4.69) is 4.98 Å². The molecule has 1 rings (SSSR count). The van der Waals surface area contributed by atoms with E-state index in [4.69, 9.17) is 0 Å². The zero-order valence-electron chi connectivity index (χ0n) is 11.3. The maximum absolute atomic E-state index is 12.5. The fourth-order valence-corrected chi connectivity index (χ4v) is 1.71. The Morgan fingerprint density at radius 2 is 1.95 bits per heavy atom. The lowest BCUT2D eigenvalue weighted by Crippen LogP contribution is -2.34. The van der Waals surface area contributed by atoms with Gasteiger partial charge >= 0.3 is 6.18 Å². The fraction of sp³-hybridized carbons (Fsp3) is 0.615. The second kappa shape index (κ2) is 6.23. The molecule has 0 radical (unpaired) electrons. The molecule has 0 fully saturated rings. The van der Waals surface area contributed by atoms with E-state index >= 15 is 0 Å². The van der Waals surface area contributed by atoms with E-state index in [9.17, 15) is 18.3 Å². The van der Waals surface area contributed by atoms with Crippen LogP contribution in [0.4, 0.5) is 19.0 Å². The second-order valence-electron chi connectivity index (χ2n) is 4.70. The Morgan fingerprint density at radius 1 is 1.32 bits per heavy atom. The Morgan fingerprint density at radius 3 is 2.37 bits per heavy atom. The average Bonchev–Trinajstić information content (AvgIpc) is 2.34. The van der Waals surface area contributed by atoms with Crippen molar-refractivity contribution in [2.45, 2.75) is 39.5 Å². The molecule has 1 aromatic heterocycles. The first kappa shape index (κ1) is 15.8. The van der Waals surface area contributed by atoms with E-state index in [0.717, 1.165) is 4.90 Å². The van der Waals surface area contributed by atoms with Crippen LogP contribution in [0.25, 0.3) is 0 Å². The predicted molar refractivity (Wildman–Crippen MR) is 68.2 cm³/mol. The smallest absolute Gasteiger partial charge is 0.392 e. The highest BCUT2D eigenvalue weighted by atomic mass is 19.4. The molecule has 1 aromatic rings. The standard InChI is InChI=1S/C13H19F3N2O/c1-4-18(8-13(14,15)16)12-6-10(7-19)5-11(17-12)9(2)3/h5-6,9,19H,4,7-8H2,1-3H3. The van der Waals surface area contributed by atoms with Gasteiger partial charge in [0.05, 0.1) is 6.61 Å². The minimum atomic E-state index is -4.27. The number of hydrogen-bond donors (Lipinski definition) is 1. The van der Waals surface area contributed by atoms with Crippen LogP contribution in [0.2, 0.25) is 0 Å². The summed E-state index contributed by atoms with van der Waals surface area (Å²) in [7, 11) is 0. The van der Waals surface area contributed by atoms with E-state index < -0.39 is 12.7 Å². The molecule has 0 aliphatic carbocycles. The summed E-state index contributed by atoms with van der Waals surface area (Å²) in [6.45, 7) is 4.43. The normalized spacial score (nSPS) is 12.0. The maximum Gasteiger partial charge on any atom is 0.405 e. The molecule has 1 heterocycles. The lowest BCUT2D eigenvalue weighted by atomic mass is 10.1. The van der Waals surface area contributed by atoms with Crippen molar-refractivity contribution >= 4 is 5.82 Å². The summed E-state index contributed by atoms with van der Waals surface area (Å²) in [5.41, 5.74) is 1.26. The largest absolute Gasteiger partial charge is 0.405 e. The molecule has 0 spiro atoms. The number of nitrogens with zero attached hydrogens (tertiary/aromatic N) is 2. The van der Waals surface area contributed by atoms with E-state index in [0.29, 0.717) is 11.3 Å². The van der Waals surface area contributed by atoms with Crippen LogP contribution >= 0.6 is 0 Å². The molecule has 0 unspecified atom stereocenters. The molecule has 1 N–H and O–H groups in total. The Labute approximate surface area is 111 Å². The number of alkyl halides is 3. The van der Waals surface area contributed by atoms with Gasteiger partial charge in [-0.05, 0) is 30.5 Å². The van der Waals surface area contributed by atoms with Crippen molar-refractivity contribution in [3.8, 4) is 0 Å². The number of aliphatic hydroxyl groups is 1. The average molecular weight is 276 g/mol. The third-order valence-corrected chi connectivity index (χ3v) is 2.74. The Hall–Kier alpha value is -1.30. The zero-order valence-corrected chi connectivity index (χ0v) is 11.3. The topological polar surface area (TPSA) is 36.4 Å². The lowest BCUT2D eigenvalue weighted by Gasteiger charge is -2.24. The van der Waals surface area contributed by atoms with Gasteiger partial charge in [0.25, 0.3) is 0 Å². The highest BCUT2D eigenvalue weighted by Crippen LogP contribution is 2.24. The van der Waals surface area contributed by atoms with Gasteiger partial charge in [0.2, 0.25) is 0 Å². The van der Waals surface area contributed by atoms with Gasteiger partial charge in [-0.3, -0.25) is 0 Å². The molecule has 0 amide bonds. The number of halogens is 3. The van der Waals surface area contributed by atoms with Gasteiger partial charge < -0.3 is 10.0 Å². The van der Waals surface area contributed by atoms with E-state index in [1.54, 1.807) is 13.0 Å². The Balaban J connectivity index is 3.12. The summed E-state index contributed by atoms with van der Waals surface area (Å²) in [5.74, 6) is 0.352. The fourth-order valence-electron chi connectivity index (χ4n) is 1.71. The summed E-state index contributed by atoms with van der Waals surface area (Å²) in [6.07, 6.45) is -4.27. The van der Waals surface area contributed by atoms with Crippen LogP contribution in [0.1, 0.15) is 37.9 Å². The van der Waals surface area contributed by atoms with Gasteiger partial charge in [-0.2, -0.15) is 13.2 Å². The number of rotatable bonds is 5. The number of hydrogen-bond acceptors (Lipinski definition) is 3. The van der Waals surface area contributed by atoms with Gasteiger partial charge in [0, 0.05) is 12.2 Å². The molecule has 0 saturated heterocycles. The first-order chi connectivity index (χ1) is 8.76. The monoisotopic (exact) mass is 276 g/mol. The summed E-state index contributed by atoms with van der Waals surface area (Å²) in [6, 6.07) is 3.22. The summed E-state index contributed by atoms with van der Waals surface area (Å²) >= 11 is 0. The first-order valence-corrected chi connectivity index (χ1v) is 6.20.